The number of hydrogen-bond donors (Lipinski definition) is 4. The number of primary amides is 1. The molecule has 0 aliphatic carbocycles. The van der Waals surface area contributed by atoms with Crippen LogP contribution in [0.25, 0.3) is 0 Å². The van der Waals surface area contributed by atoms with Gasteiger partial charge in [0.2, 0.25) is 17.7 Å². The lowest BCUT2D eigenvalue weighted by molar-refractivity contribution is -0.131. The fourth-order valence-corrected chi connectivity index (χ4v) is 1.78. The van der Waals surface area contributed by atoms with Gasteiger partial charge in [-0.3, -0.25) is 14.4 Å². The molecule has 0 radical (unpaired) electrons. The van der Waals surface area contributed by atoms with E-state index in [1.807, 2.05) is 18.2 Å². The first-order valence-electron chi connectivity index (χ1n) is 6.45. The average molecular weight is 293 g/mol. The molecule has 2 atom stereocenters. The van der Waals surface area contributed by atoms with Crippen LogP contribution in [0, 0.1) is 0 Å². The Morgan fingerprint density at radius 2 is 1.76 bits per heavy atom. The summed E-state index contributed by atoms with van der Waals surface area (Å²) in [5.74, 6) is -1.80. The molecule has 1 rings (SSSR count). The third-order valence-corrected chi connectivity index (χ3v) is 2.82. The van der Waals surface area contributed by atoms with E-state index in [0.29, 0.717) is 0 Å². The van der Waals surface area contributed by atoms with Crippen LogP contribution in [0.2, 0.25) is 0 Å². The molecule has 1 aromatic rings. The first kappa shape index (κ1) is 16.6. The minimum absolute atomic E-state index is 0.236. The highest BCUT2D eigenvalue weighted by atomic mass is 16.3. The summed E-state index contributed by atoms with van der Waals surface area (Å²) in [5, 5.41) is 13.8. The molecule has 5 N–H and O–H groups in total. The van der Waals surface area contributed by atoms with Crippen LogP contribution in [0.4, 0.5) is 0 Å². The lowest BCUT2D eigenvalue weighted by Gasteiger charge is -2.20. The van der Waals surface area contributed by atoms with Crippen LogP contribution in [-0.2, 0) is 20.8 Å². The molecule has 0 saturated heterocycles. The fraction of sp³-hybridized carbons (Fsp3) is 0.357. The van der Waals surface area contributed by atoms with E-state index in [-0.39, 0.29) is 6.42 Å². The molecule has 3 amide bonds. The molecule has 0 aliphatic heterocycles. The monoisotopic (exact) mass is 293 g/mol. The van der Waals surface area contributed by atoms with E-state index in [1.54, 1.807) is 12.1 Å². The van der Waals surface area contributed by atoms with Crippen molar-refractivity contribution in [3.05, 3.63) is 35.9 Å². The molecule has 0 bridgehead atoms. The molecule has 114 valence electrons. The second-order valence-electron chi connectivity index (χ2n) is 4.59. The maximum atomic E-state index is 11.9. The maximum absolute atomic E-state index is 11.9. The Hall–Kier alpha value is -2.41. The first-order chi connectivity index (χ1) is 9.93. The van der Waals surface area contributed by atoms with Gasteiger partial charge in [-0.05, 0) is 5.56 Å². The summed E-state index contributed by atoms with van der Waals surface area (Å²) in [4.78, 5) is 34.3. The van der Waals surface area contributed by atoms with E-state index < -0.39 is 36.4 Å². The van der Waals surface area contributed by atoms with Gasteiger partial charge in [-0.1, -0.05) is 30.3 Å². The van der Waals surface area contributed by atoms with Crippen LogP contribution >= 0.6 is 0 Å². The highest BCUT2D eigenvalue weighted by Gasteiger charge is 2.24. The van der Waals surface area contributed by atoms with Crippen molar-refractivity contribution < 1.29 is 19.5 Å². The summed E-state index contributed by atoms with van der Waals surface area (Å²) in [6.07, 6.45) is 0.236. The van der Waals surface area contributed by atoms with Gasteiger partial charge in [-0.25, -0.2) is 0 Å². The van der Waals surface area contributed by atoms with Crippen molar-refractivity contribution in [3.8, 4) is 0 Å². The Balaban J connectivity index is 2.71. The van der Waals surface area contributed by atoms with E-state index in [4.69, 9.17) is 10.8 Å². The van der Waals surface area contributed by atoms with Gasteiger partial charge < -0.3 is 21.5 Å². The third kappa shape index (κ3) is 5.62. The first-order valence-corrected chi connectivity index (χ1v) is 6.45. The van der Waals surface area contributed by atoms with Gasteiger partial charge in [-0.15, -0.1) is 0 Å². The van der Waals surface area contributed by atoms with Gasteiger partial charge >= 0.3 is 0 Å². The molecule has 0 heterocycles. The van der Waals surface area contributed by atoms with E-state index in [2.05, 4.69) is 10.6 Å². The molecular formula is C14H19N3O4. The molecule has 7 nitrogen and oxygen atoms in total. The number of hydrogen-bond acceptors (Lipinski definition) is 4. The van der Waals surface area contributed by atoms with Crippen molar-refractivity contribution in [1.82, 2.24) is 10.6 Å². The van der Waals surface area contributed by atoms with Crippen molar-refractivity contribution in [2.24, 2.45) is 5.73 Å². The summed E-state index contributed by atoms with van der Waals surface area (Å²) < 4.78 is 0. The molecule has 0 fully saturated rings. The highest BCUT2D eigenvalue weighted by molar-refractivity contribution is 5.91. The Morgan fingerprint density at radius 1 is 1.14 bits per heavy atom. The lowest BCUT2D eigenvalue weighted by Crippen LogP contribution is -2.54. The Kier molecular flexibility index (Phi) is 6.35. The van der Waals surface area contributed by atoms with Crippen molar-refractivity contribution in [2.45, 2.75) is 25.4 Å². The minimum Gasteiger partial charge on any atom is -0.394 e. The van der Waals surface area contributed by atoms with E-state index in [0.717, 1.165) is 5.56 Å². The average Bonchev–Trinajstić information content (AvgIpc) is 2.44. The number of amides is 3. The normalized spacial score (nSPS) is 13.0. The number of nitrogens with one attached hydrogen (secondary N) is 2. The number of nitrogens with two attached hydrogens (primary N) is 1. The number of aliphatic hydroxyl groups is 1. The van der Waals surface area contributed by atoms with Gasteiger partial charge in [0.25, 0.3) is 0 Å². The zero-order valence-corrected chi connectivity index (χ0v) is 11.7. The zero-order valence-electron chi connectivity index (χ0n) is 11.7. The Bertz CT molecular complexity index is 504. The predicted octanol–water partition coefficient (Wildman–Crippen LogP) is -1.30. The van der Waals surface area contributed by atoms with Crippen molar-refractivity contribution in [1.29, 1.82) is 0 Å². The SMILES string of the molecule is CC(=O)N[C@@H](CO)C(=O)N[C@@H](Cc1ccccc1)C(N)=O. The predicted molar refractivity (Wildman–Crippen MR) is 76.0 cm³/mol. The molecule has 0 aromatic heterocycles. The van der Waals surface area contributed by atoms with Crippen molar-refractivity contribution >= 4 is 17.7 Å². The van der Waals surface area contributed by atoms with Crippen LogP contribution in [-0.4, -0.2) is 41.5 Å². The smallest absolute Gasteiger partial charge is 0.245 e. The molecule has 7 heteroatoms. The number of benzene rings is 1. The summed E-state index contributed by atoms with van der Waals surface area (Å²) in [6.45, 7) is 0.660. The molecule has 21 heavy (non-hydrogen) atoms. The van der Waals surface area contributed by atoms with Crippen LogP contribution in [0.3, 0.4) is 0 Å². The van der Waals surface area contributed by atoms with Crippen LogP contribution in [0.5, 0.6) is 0 Å². The van der Waals surface area contributed by atoms with E-state index >= 15 is 0 Å². The molecule has 0 saturated carbocycles. The van der Waals surface area contributed by atoms with Gasteiger partial charge in [0.05, 0.1) is 6.61 Å². The quantitative estimate of drug-likeness (QED) is 0.499. The van der Waals surface area contributed by atoms with Gasteiger partial charge in [0.1, 0.15) is 12.1 Å². The van der Waals surface area contributed by atoms with Crippen LogP contribution in [0.1, 0.15) is 12.5 Å². The van der Waals surface area contributed by atoms with Gasteiger partial charge in [-0.2, -0.15) is 0 Å². The largest absolute Gasteiger partial charge is 0.394 e. The van der Waals surface area contributed by atoms with E-state index in [1.165, 1.54) is 6.92 Å². The number of carbonyl (C=O) groups is 3. The second kappa shape index (κ2) is 8.01. The highest BCUT2D eigenvalue weighted by Crippen LogP contribution is 2.03. The van der Waals surface area contributed by atoms with Crippen LogP contribution < -0.4 is 16.4 Å². The molecule has 1 aromatic carbocycles. The van der Waals surface area contributed by atoms with Crippen molar-refractivity contribution in [3.63, 3.8) is 0 Å². The summed E-state index contributed by atoms with van der Waals surface area (Å²) in [7, 11) is 0. The minimum atomic E-state index is -1.11. The molecular weight excluding hydrogens is 274 g/mol. The van der Waals surface area contributed by atoms with E-state index in [9.17, 15) is 14.4 Å². The second-order valence-corrected chi connectivity index (χ2v) is 4.59. The summed E-state index contributed by atoms with van der Waals surface area (Å²) in [5.41, 5.74) is 6.11. The lowest BCUT2D eigenvalue weighted by atomic mass is 10.1. The van der Waals surface area contributed by atoms with Crippen LogP contribution in [0.15, 0.2) is 30.3 Å². The number of rotatable bonds is 7. The fourth-order valence-electron chi connectivity index (χ4n) is 1.78. The number of aliphatic hydroxyl groups excluding tert-OH is 1. The standard InChI is InChI=1S/C14H19N3O4/c1-9(19)16-12(8-18)14(21)17-11(13(15)20)7-10-5-3-2-4-6-10/h2-6,11-12,18H,7-8H2,1H3,(H2,15,20)(H,16,19)(H,17,21)/t11-,12-/m0/s1. The molecule has 0 unspecified atom stereocenters. The zero-order chi connectivity index (χ0) is 15.8. The Labute approximate surface area is 122 Å². The summed E-state index contributed by atoms with van der Waals surface area (Å²) in [6, 6.07) is 7.04. The maximum Gasteiger partial charge on any atom is 0.245 e. The van der Waals surface area contributed by atoms with Gasteiger partial charge in [0.15, 0.2) is 0 Å². The molecule has 0 spiro atoms. The summed E-state index contributed by atoms with van der Waals surface area (Å²) >= 11 is 0. The molecule has 0 aliphatic rings. The third-order valence-electron chi connectivity index (χ3n) is 2.82. The number of carbonyl (C=O) groups excluding carboxylic acids is 3. The topological polar surface area (TPSA) is 122 Å². The van der Waals surface area contributed by atoms with Crippen molar-refractivity contribution in [2.75, 3.05) is 6.61 Å². The Morgan fingerprint density at radius 3 is 2.24 bits per heavy atom. The van der Waals surface area contributed by atoms with Gasteiger partial charge in [0, 0.05) is 13.3 Å².